The second kappa shape index (κ2) is 20.2. The number of hydrogen-bond donors (Lipinski definition) is 2. The summed E-state index contributed by atoms with van der Waals surface area (Å²) in [6.45, 7) is 8.67. The number of nitriles is 2. The van der Waals surface area contributed by atoms with Gasteiger partial charge in [0.2, 0.25) is 0 Å². The summed E-state index contributed by atoms with van der Waals surface area (Å²) in [5.41, 5.74) is 6.27. The van der Waals surface area contributed by atoms with Crippen molar-refractivity contribution in [2.24, 2.45) is 0 Å². The van der Waals surface area contributed by atoms with Gasteiger partial charge in [0.15, 0.2) is 0 Å². The van der Waals surface area contributed by atoms with Crippen molar-refractivity contribution in [2.75, 3.05) is 52.4 Å². The molecule has 14 nitrogen and oxygen atoms in total. The highest BCUT2D eigenvalue weighted by atomic mass is 16.7. The Morgan fingerprint density at radius 1 is 0.552 bits per heavy atom. The molecule has 0 spiro atoms. The molecule has 0 bridgehead atoms. The first-order valence-electron chi connectivity index (χ1n) is 20.1. The van der Waals surface area contributed by atoms with E-state index in [0.29, 0.717) is 61.9 Å². The molecule has 5 heterocycles. The fourth-order valence-electron chi connectivity index (χ4n) is 7.42. The Morgan fingerprint density at radius 3 is 1.24 bits per heavy atom. The first-order chi connectivity index (χ1) is 28.4. The molecule has 3 aliphatic rings. The zero-order valence-electron chi connectivity index (χ0n) is 32.8. The summed E-state index contributed by atoms with van der Waals surface area (Å²) >= 11 is 0. The van der Waals surface area contributed by atoms with Gasteiger partial charge >= 0.3 is 0 Å². The predicted molar refractivity (Wildman–Crippen MR) is 215 cm³/mol. The SMILES string of the molecule is N#Cc1ccc(CN2CCC(NC(=O)c3ccc(CON4CCN(OCc5ccc(C(=O)NC6CCN(Cc7ccc(C#N)cc7)CC6)nc5)CC4)cn3)CC2)cc1. The minimum absolute atomic E-state index is 0.112. The molecule has 3 aliphatic heterocycles. The number of carbonyl (C=O) groups is 2. The van der Waals surface area contributed by atoms with Gasteiger partial charge < -0.3 is 10.6 Å². The molecule has 3 saturated heterocycles. The number of piperazine rings is 1. The van der Waals surface area contributed by atoms with E-state index in [2.05, 4.69) is 42.5 Å². The smallest absolute Gasteiger partial charge is 0.270 e. The normalized spacial score (nSPS) is 17.6. The number of carbonyl (C=O) groups excluding carboxylic acids is 2. The highest BCUT2D eigenvalue weighted by molar-refractivity contribution is 5.92. The van der Waals surface area contributed by atoms with Crippen molar-refractivity contribution in [3.8, 4) is 12.1 Å². The molecule has 0 unspecified atom stereocenters. The first kappa shape index (κ1) is 40.6. The van der Waals surface area contributed by atoms with E-state index in [9.17, 15) is 9.59 Å². The van der Waals surface area contributed by atoms with Gasteiger partial charge in [-0.3, -0.25) is 39.0 Å². The summed E-state index contributed by atoms with van der Waals surface area (Å²) < 4.78 is 0. The molecule has 300 valence electrons. The maximum Gasteiger partial charge on any atom is 0.270 e. The number of nitrogens with zero attached hydrogens (tertiary/aromatic N) is 8. The van der Waals surface area contributed by atoms with Crippen LogP contribution in [0.5, 0.6) is 0 Å². The number of hydrogen-bond acceptors (Lipinski definition) is 12. The van der Waals surface area contributed by atoms with Crippen LogP contribution in [0.4, 0.5) is 0 Å². The lowest BCUT2D eigenvalue weighted by Gasteiger charge is -2.33. The largest absolute Gasteiger partial charge is 0.348 e. The molecule has 2 N–H and O–H groups in total. The van der Waals surface area contributed by atoms with Crippen molar-refractivity contribution in [3.05, 3.63) is 130 Å². The standard InChI is InChI=1S/C44H50N10O4/c45-25-33-1-5-35(6-2-33)29-51-17-13-39(14-18-51)49-43(55)41-11-9-37(27-47-41)31-57-53-21-23-54(24-22-53)58-32-38-10-12-42(48-28-38)44(56)50-40-15-19-52(20-16-40)30-36-7-3-34(26-46)4-8-36/h1-12,27-28,39-40H,13-24,29-32H2,(H,49,55)(H,50,56). The molecule has 3 fully saturated rings. The highest BCUT2D eigenvalue weighted by Gasteiger charge is 2.24. The third-order valence-electron chi connectivity index (χ3n) is 11.0. The molecule has 4 aromatic rings. The summed E-state index contributed by atoms with van der Waals surface area (Å²) in [5, 5.41) is 28.1. The summed E-state index contributed by atoms with van der Waals surface area (Å²) in [5.74, 6) is -0.320. The molecule has 0 atom stereocenters. The van der Waals surface area contributed by atoms with Crippen molar-refractivity contribution in [3.63, 3.8) is 0 Å². The number of rotatable bonds is 14. The molecule has 0 saturated carbocycles. The first-order valence-corrected chi connectivity index (χ1v) is 20.1. The number of piperidine rings is 2. The van der Waals surface area contributed by atoms with E-state index < -0.39 is 0 Å². The summed E-state index contributed by atoms with van der Waals surface area (Å²) in [4.78, 5) is 51.4. The molecule has 7 rings (SSSR count). The number of likely N-dealkylation sites (tertiary alicyclic amines) is 2. The Morgan fingerprint density at radius 2 is 0.914 bits per heavy atom. The number of pyridine rings is 2. The van der Waals surface area contributed by atoms with Gasteiger partial charge in [-0.15, -0.1) is 0 Å². The number of benzene rings is 2. The lowest BCUT2D eigenvalue weighted by Crippen LogP contribution is -2.45. The van der Waals surface area contributed by atoms with Crippen molar-refractivity contribution < 1.29 is 19.3 Å². The lowest BCUT2D eigenvalue weighted by molar-refractivity contribution is -0.246. The monoisotopic (exact) mass is 782 g/mol. The number of nitrogens with one attached hydrogen (secondary N) is 2. The maximum atomic E-state index is 12.9. The second-order valence-corrected chi connectivity index (χ2v) is 15.2. The van der Waals surface area contributed by atoms with E-state index in [1.807, 2.05) is 70.8 Å². The van der Waals surface area contributed by atoms with Gasteiger partial charge in [-0.05, 0) is 84.3 Å². The average Bonchev–Trinajstić information content (AvgIpc) is 3.27. The van der Waals surface area contributed by atoms with Crippen LogP contribution in [0.25, 0.3) is 0 Å². The van der Waals surface area contributed by atoms with Crippen LogP contribution in [-0.2, 0) is 36.0 Å². The quantitative estimate of drug-likeness (QED) is 0.188. The third-order valence-corrected chi connectivity index (χ3v) is 11.0. The van der Waals surface area contributed by atoms with E-state index in [0.717, 1.165) is 76.1 Å². The van der Waals surface area contributed by atoms with Gasteiger partial charge in [0.25, 0.3) is 11.8 Å². The van der Waals surface area contributed by atoms with Crippen molar-refractivity contribution in [1.82, 2.24) is 40.5 Å². The van der Waals surface area contributed by atoms with Crippen LogP contribution in [0.3, 0.4) is 0 Å². The molecule has 0 radical (unpaired) electrons. The van der Waals surface area contributed by atoms with E-state index in [1.165, 1.54) is 11.1 Å². The van der Waals surface area contributed by atoms with Gasteiger partial charge in [-0.2, -0.15) is 20.7 Å². The molecule has 14 heteroatoms. The summed E-state index contributed by atoms with van der Waals surface area (Å²) in [6, 6.07) is 27.2. The lowest BCUT2D eigenvalue weighted by atomic mass is 10.0. The zero-order chi connectivity index (χ0) is 40.1. The van der Waals surface area contributed by atoms with Crippen molar-refractivity contribution >= 4 is 11.8 Å². The van der Waals surface area contributed by atoms with Gasteiger partial charge in [0.05, 0.1) is 36.5 Å². The van der Waals surface area contributed by atoms with Crippen LogP contribution in [0.15, 0.2) is 85.2 Å². The average molecular weight is 783 g/mol. The van der Waals surface area contributed by atoms with Gasteiger partial charge in [0, 0.05) is 89.9 Å². The van der Waals surface area contributed by atoms with Crippen molar-refractivity contribution in [1.29, 1.82) is 10.5 Å². The topological polar surface area (TPSA) is 163 Å². The third kappa shape index (κ3) is 11.7. The van der Waals surface area contributed by atoms with E-state index in [1.54, 1.807) is 24.5 Å². The molecule has 2 aromatic heterocycles. The Hall–Kier alpha value is -5.58. The van der Waals surface area contributed by atoms with Crippen LogP contribution in [-0.4, -0.2) is 106 Å². The Balaban J connectivity index is 0.742. The Kier molecular flexibility index (Phi) is 14.2. The Bertz CT molecular complexity index is 1880. The van der Waals surface area contributed by atoms with Gasteiger partial charge in [-0.25, -0.2) is 0 Å². The van der Waals surface area contributed by atoms with E-state index in [-0.39, 0.29) is 23.9 Å². The summed E-state index contributed by atoms with van der Waals surface area (Å²) in [6.07, 6.45) is 6.90. The fourth-order valence-corrected chi connectivity index (χ4v) is 7.42. The zero-order valence-corrected chi connectivity index (χ0v) is 32.8. The fraction of sp³-hybridized carbons (Fsp3) is 0.409. The molecular weight excluding hydrogens is 733 g/mol. The molecule has 2 aromatic carbocycles. The minimum atomic E-state index is -0.160. The second-order valence-electron chi connectivity index (χ2n) is 15.2. The highest BCUT2D eigenvalue weighted by Crippen LogP contribution is 2.17. The molecule has 0 aliphatic carbocycles. The van der Waals surface area contributed by atoms with Crippen LogP contribution >= 0.6 is 0 Å². The number of aromatic nitrogens is 2. The minimum Gasteiger partial charge on any atom is -0.348 e. The Labute approximate surface area is 339 Å². The van der Waals surface area contributed by atoms with Crippen LogP contribution in [0.1, 0.15) is 80.0 Å². The van der Waals surface area contributed by atoms with Crippen LogP contribution in [0, 0.1) is 22.7 Å². The van der Waals surface area contributed by atoms with Crippen LogP contribution < -0.4 is 10.6 Å². The van der Waals surface area contributed by atoms with Crippen LogP contribution in [0.2, 0.25) is 0 Å². The van der Waals surface area contributed by atoms with E-state index >= 15 is 0 Å². The number of hydroxylamine groups is 4. The predicted octanol–water partition coefficient (Wildman–Crippen LogP) is 4.19. The molecular formula is C44H50N10O4. The molecule has 2 amide bonds. The van der Waals surface area contributed by atoms with Gasteiger partial charge in [0.1, 0.15) is 11.4 Å². The van der Waals surface area contributed by atoms with E-state index in [4.69, 9.17) is 20.2 Å². The molecule has 58 heavy (non-hydrogen) atoms. The number of amides is 2. The maximum absolute atomic E-state index is 12.9. The van der Waals surface area contributed by atoms with Crippen molar-refractivity contribution in [2.45, 2.75) is 64.1 Å². The van der Waals surface area contributed by atoms with Gasteiger partial charge in [-0.1, -0.05) is 36.4 Å². The summed E-state index contributed by atoms with van der Waals surface area (Å²) in [7, 11) is 0.